The van der Waals surface area contributed by atoms with Crippen LogP contribution in [0.4, 0.5) is 0 Å². The lowest BCUT2D eigenvalue weighted by Crippen LogP contribution is -2.27. The Kier molecular flexibility index (Phi) is 3.98. The van der Waals surface area contributed by atoms with Crippen molar-refractivity contribution in [2.24, 2.45) is 0 Å². The molecule has 0 N–H and O–H groups in total. The average molecular weight is 302 g/mol. The number of fused-ring (bicyclic) bond motifs is 1. The highest BCUT2D eigenvalue weighted by atomic mass is 16.2. The highest BCUT2D eigenvalue weighted by Crippen LogP contribution is 2.12. The van der Waals surface area contributed by atoms with Crippen LogP contribution in [0, 0.1) is 11.3 Å². The largest absolute Gasteiger partial charge is 0.336 e. The Balaban J connectivity index is 1.81. The number of nitrogens with zero attached hydrogens (tertiary/aromatic N) is 4. The molecule has 2 aromatic carbocycles. The van der Waals surface area contributed by atoms with E-state index in [9.17, 15) is 4.79 Å². The van der Waals surface area contributed by atoms with E-state index in [1.807, 2.05) is 36.4 Å². The minimum atomic E-state index is -0.203. The van der Waals surface area contributed by atoms with E-state index in [4.69, 9.17) is 5.26 Å². The first-order valence-corrected chi connectivity index (χ1v) is 7.13. The zero-order valence-corrected chi connectivity index (χ0v) is 12.6. The molecular weight excluding hydrogens is 288 g/mol. The van der Waals surface area contributed by atoms with Crippen LogP contribution in [0.15, 0.2) is 54.7 Å². The van der Waals surface area contributed by atoms with Crippen LogP contribution in [0.3, 0.4) is 0 Å². The molecule has 3 aromatic rings. The van der Waals surface area contributed by atoms with Crippen LogP contribution in [-0.2, 0) is 6.54 Å². The number of aromatic nitrogens is 2. The van der Waals surface area contributed by atoms with Gasteiger partial charge in [0, 0.05) is 13.6 Å². The smallest absolute Gasteiger partial charge is 0.274 e. The Morgan fingerprint density at radius 3 is 2.74 bits per heavy atom. The summed E-state index contributed by atoms with van der Waals surface area (Å²) in [6.45, 7) is 0.406. The van der Waals surface area contributed by atoms with Crippen molar-refractivity contribution in [3.8, 4) is 6.07 Å². The van der Waals surface area contributed by atoms with Gasteiger partial charge in [0.15, 0.2) is 0 Å². The molecule has 0 aliphatic heterocycles. The van der Waals surface area contributed by atoms with Crippen molar-refractivity contribution in [2.45, 2.75) is 6.54 Å². The van der Waals surface area contributed by atoms with Crippen LogP contribution in [0.1, 0.15) is 21.6 Å². The first-order valence-electron chi connectivity index (χ1n) is 7.13. The predicted octanol–water partition coefficient (Wildman–Crippen LogP) is 2.77. The minimum Gasteiger partial charge on any atom is -0.336 e. The van der Waals surface area contributed by atoms with E-state index in [0.717, 1.165) is 11.1 Å². The Hall–Kier alpha value is -3.26. The summed E-state index contributed by atoms with van der Waals surface area (Å²) in [5.41, 5.74) is 3.23. The third kappa shape index (κ3) is 3.16. The van der Waals surface area contributed by atoms with E-state index >= 15 is 0 Å². The topological polar surface area (TPSA) is 69.9 Å². The first kappa shape index (κ1) is 14.7. The summed E-state index contributed by atoms with van der Waals surface area (Å²) in [6.07, 6.45) is 1.49. The Morgan fingerprint density at radius 2 is 1.96 bits per heavy atom. The van der Waals surface area contributed by atoms with Crippen molar-refractivity contribution < 1.29 is 4.79 Å². The molecule has 0 saturated heterocycles. The molecule has 1 heterocycles. The third-order valence-corrected chi connectivity index (χ3v) is 3.49. The monoisotopic (exact) mass is 302 g/mol. The summed E-state index contributed by atoms with van der Waals surface area (Å²) in [5.74, 6) is -0.203. The normalized spacial score (nSPS) is 10.3. The maximum absolute atomic E-state index is 12.5. The first-order chi connectivity index (χ1) is 11.2. The van der Waals surface area contributed by atoms with Gasteiger partial charge in [0.2, 0.25) is 0 Å². The average Bonchev–Trinajstić information content (AvgIpc) is 2.60. The van der Waals surface area contributed by atoms with Gasteiger partial charge in [-0.15, -0.1) is 0 Å². The highest BCUT2D eigenvalue weighted by Gasteiger charge is 2.14. The molecule has 5 nitrogen and oxygen atoms in total. The quantitative estimate of drug-likeness (QED) is 0.746. The molecule has 0 aliphatic carbocycles. The lowest BCUT2D eigenvalue weighted by molar-refractivity contribution is 0.0779. The molecule has 3 rings (SSSR count). The van der Waals surface area contributed by atoms with Crippen LogP contribution in [0.2, 0.25) is 0 Å². The van der Waals surface area contributed by atoms with Gasteiger partial charge in [0.25, 0.3) is 5.91 Å². The van der Waals surface area contributed by atoms with E-state index in [1.165, 1.54) is 6.20 Å². The maximum atomic E-state index is 12.5. The molecule has 0 saturated carbocycles. The fraction of sp³-hybridized carbons (Fsp3) is 0.111. The van der Waals surface area contributed by atoms with Gasteiger partial charge in [-0.3, -0.25) is 9.78 Å². The molecule has 0 atom stereocenters. The SMILES string of the molecule is CN(Cc1cccc(C#N)c1)C(=O)c1cnc2ccccc2n1. The third-order valence-electron chi connectivity index (χ3n) is 3.49. The number of hydrogen-bond acceptors (Lipinski definition) is 4. The number of nitriles is 1. The van der Waals surface area contributed by atoms with Crippen LogP contribution in [-0.4, -0.2) is 27.8 Å². The summed E-state index contributed by atoms with van der Waals surface area (Å²) in [6, 6.07) is 16.7. The van der Waals surface area contributed by atoms with Crippen molar-refractivity contribution >= 4 is 16.9 Å². The van der Waals surface area contributed by atoms with Gasteiger partial charge >= 0.3 is 0 Å². The van der Waals surface area contributed by atoms with Crippen molar-refractivity contribution in [2.75, 3.05) is 7.05 Å². The summed E-state index contributed by atoms with van der Waals surface area (Å²) in [5, 5.41) is 8.94. The fourth-order valence-electron chi connectivity index (χ4n) is 2.34. The van der Waals surface area contributed by atoms with E-state index < -0.39 is 0 Å². The Labute approximate surface area is 133 Å². The number of carbonyl (C=O) groups is 1. The fourth-order valence-corrected chi connectivity index (χ4v) is 2.34. The summed E-state index contributed by atoms with van der Waals surface area (Å²) in [4.78, 5) is 22.7. The Morgan fingerprint density at radius 1 is 1.17 bits per heavy atom. The van der Waals surface area contributed by atoms with Gasteiger partial charge in [-0.05, 0) is 29.8 Å². The maximum Gasteiger partial charge on any atom is 0.274 e. The van der Waals surface area contributed by atoms with Crippen LogP contribution in [0.25, 0.3) is 11.0 Å². The van der Waals surface area contributed by atoms with Crippen LogP contribution in [0.5, 0.6) is 0 Å². The molecule has 0 fully saturated rings. The van der Waals surface area contributed by atoms with Gasteiger partial charge in [-0.1, -0.05) is 24.3 Å². The molecule has 1 amide bonds. The van der Waals surface area contributed by atoms with E-state index in [2.05, 4.69) is 16.0 Å². The number of hydrogen-bond donors (Lipinski definition) is 0. The van der Waals surface area contributed by atoms with Gasteiger partial charge in [0.1, 0.15) is 5.69 Å². The molecule has 0 unspecified atom stereocenters. The molecule has 0 radical (unpaired) electrons. The summed E-state index contributed by atoms with van der Waals surface area (Å²) in [7, 11) is 1.71. The van der Waals surface area contributed by atoms with Crippen molar-refractivity contribution in [3.63, 3.8) is 0 Å². The number of para-hydroxylation sites is 2. The van der Waals surface area contributed by atoms with Gasteiger partial charge in [-0.25, -0.2) is 4.98 Å². The van der Waals surface area contributed by atoms with Crippen molar-refractivity contribution in [1.82, 2.24) is 14.9 Å². The highest BCUT2D eigenvalue weighted by molar-refractivity contribution is 5.93. The van der Waals surface area contributed by atoms with Crippen LogP contribution >= 0.6 is 0 Å². The van der Waals surface area contributed by atoms with E-state index in [0.29, 0.717) is 23.3 Å². The molecule has 5 heteroatoms. The molecular formula is C18H14N4O. The number of benzene rings is 2. The number of carbonyl (C=O) groups excluding carboxylic acids is 1. The molecule has 0 bridgehead atoms. The summed E-state index contributed by atoms with van der Waals surface area (Å²) < 4.78 is 0. The van der Waals surface area contributed by atoms with Crippen LogP contribution < -0.4 is 0 Å². The minimum absolute atomic E-state index is 0.203. The van der Waals surface area contributed by atoms with Crippen molar-refractivity contribution in [1.29, 1.82) is 5.26 Å². The second kappa shape index (κ2) is 6.24. The Bertz CT molecular complexity index is 914. The van der Waals surface area contributed by atoms with Crippen molar-refractivity contribution in [3.05, 3.63) is 71.5 Å². The van der Waals surface area contributed by atoms with Gasteiger partial charge in [0.05, 0.1) is 28.9 Å². The molecule has 0 aliphatic rings. The van der Waals surface area contributed by atoms with E-state index in [-0.39, 0.29) is 5.91 Å². The van der Waals surface area contributed by atoms with E-state index in [1.54, 1.807) is 24.1 Å². The number of amides is 1. The zero-order chi connectivity index (χ0) is 16.2. The molecule has 1 aromatic heterocycles. The van der Waals surface area contributed by atoms with Gasteiger partial charge < -0.3 is 4.90 Å². The van der Waals surface area contributed by atoms with Gasteiger partial charge in [-0.2, -0.15) is 5.26 Å². The zero-order valence-electron chi connectivity index (χ0n) is 12.6. The number of rotatable bonds is 3. The predicted molar refractivity (Wildman–Crippen MR) is 86.5 cm³/mol. The second-order valence-corrected chi connectivity index (χ2v) is 5.22. The lowest BCUT2D eigenvalue weighted by atomic mass is 10.1. The molecule has 0 spiro atoms. The molecule has 23 heavy (non-hydrogen) atoms. The molecule has 112 valence electrons. The standard InChI is InChI=1S/C18H14N4O/c1-22(12-14-6-4-5-13(9-14)10-19)18(23)17-11-20-15-7-2-3-8-16(15)21-17/h2-9,11H,12H2,1H3. The lowest BCUT2D eigenvalue weighted by Gasteiger charge is -2.17. The summed E-state index contributed by atoms with van der Waals surface area (Å²) >= 11 is 0. The second-order valence-electron chi connectivity index (χ2n) is 5.22.